The minimum Gasteiger partial charge on any atom is -0.465 e. The maximum Gasteiger partial charge on any atom is 0.329 e. The van der Waals surface area contributed by atoms with Crippen molar-refractivity contribution < 1.29 is 14.0 Å². The number of carbonyl (C=O) groups is 2. The van der Waals surface area contributed by atoms with Gasteiger partial charge in [0.1, 0.15) is 11.5 Å². The number of aryl methyl sites for hydroxylation is 1. The van der Waals surface area contributed by atoms with Gasteiger partial charge < -0.3 is 9.73 Å². The SMILES string of the molecule is Cc1ccc(CN2C(=O)N/C(=C/c3ccco3)C2=O)cc1. The van der Waals surface area contributed by atoms with Gasteiger partial charge in [0.15, 0.2) is 0 Å². The van der Waals surface area contributed by atoms with Crippen LogP contribution in [0.15, 0.2) is 52.8 Å². The Hall–Kier alpha value is -2.82. The molecular weight excluding hydrogens is 268 g/mol. The van der Waals surface area contributed by atoms with E-state index in [1.54, 1.807) is 12.1 Å². The molecule has 0 unspecified atom stereocenters. The van der Waals surface area contributed by atoms with Gasteiger partial charge in [-0.25, -0.2) is 4.79 Å². The summed E-state index contributed by atoms with van der Waals surface area (Å²) < 4.78 is 5.15. The molecule has 1 fully saturated rings. The van der Waals surface area contributed by atoms with Crippen LogP contribution < -0.4 is 5.32 Å². The summed E-state index contributed by atoms with van der Waals surface area (Å²) in [5.41, 5.74) is 2.26. The van der Waals surface area contributed by atoms with Gasteiger partial charge in [0, 0.05) is 6.08 Å². The molecule has 21 heavy (non-hydrogen) atoms. The quantitative estimate of drug-likeness (QED) is 0.695. The van der Waals surface area contributed by atoms with Gasteiger partial charge in [-0.1, -0.05) is 29.8 Å². The largest absolute Gasteiger partial charge is 0.465 e. The van der Waals surface area contributed by atoms with Crippen molar-refractivity contribution in [3.05, 3.63) is 65.2 Å². The van der Waals surface area contributed by atoms with Crippen LogP contribution in [0.4, 0.5) is 4.79 Å². The Balaban J connectivity index is 1.79. The molecule has 1 saturated heterocycles. The van der Waals surface area contributed by atoms with Crippen molar-refractivity contribution in [3.63, 3.8) is 0 Å². The molecule has 5 heteroatoms. The summed E-state index contributed by atoms with van der Waals surface area (Å²) in [6, 6.07) is 10.7. The Kier molecular flexibility index (Phi) is 3.31. The lowest BCUT2D eigenvalue weighted by Crippen LogP contribution is -2.30. The molecule has 1 aliphatic rings. The van der Waals surface area contributed by atoms with Crippen LogP contribution in [0.2, 0.25) is 0 Å². The summed E-state index contributed by atoms with van der Waals surface area (Å²) in [5.74, 6) is 0.174. The average molecular weight is 282 g/mol. The molecule has 3 amide bonds. The predicted octanol–water partition coefficient (Wildman–Crippen LogP) is 2.68. The zero-order valence-corrected chi connectivity index (χ0v) is 11.5. The van der Waals surface area contributed by atoms with E-state index >= 15 is 0 Å². The lowest BCUT2D eigenvalue weighted by atomic mass is 10.1. The van der Waals surface area contributed by atoms with Crippen molar-refractivity contribution in [2.24, 2.45) is 0 Å². The normalized spacial score (nSPS) is 16.6. The molecule has 0 bridgehead atoms. The van der Waals surface area contributed by atoms with Crippen molar-refractivity contribution in [1.82, 2.24) is 10.2 Å². The number of urea groups is 1. The fraction of sp³-hybridized carbons (Fsp3) is 0.125. The van der Waals surface area contributed by atoms with Crippen LogP contribution in [0, 0.1) is 6.92 Å². The minimum atomic E-state index is -0.418. The number of hydrogen-bond donors (Lipinski definition) is 1. The third-order valence-electron chi connectivity index (χ3n) is 3.25. The van der Waals surface area contributed by atoms with Gasteiger partial charge in [0.25, 0.3) is 5.91 Å². The third-order valence-corrected chi connectivity index (χ3v) is 3.25. The Labute approximate surface area is 121 Å². The third kappa shape index (κ3) is 2.72. The predicted molar refractivity (Wildman–Crippen MR) is 76.9 cm³/mol. The topological polar surface area (TPSA) is 62.6 Å². The lowest BCUT2D eigenvalue weighted by molar-refractivity contribution is -0.123. The van der Waals surface area contributed by atoms with Crippen LogP contribution in [0.3, 0.4) is 0 Å². The van der Waals surface area contributed by atoms with Crippen molar-refractivity contribution >= 4 is 18.0 Å². The summed E-state index contributed by atoms with van der Waals surface area (Å²) in [5, 5.41) is 2.56. The molecule has 0 saturated carbocycles. The van der Waals surface area contributed by atoms with E-state index in [2.05, 4.69) is 5.32 Å². The number of nitrogens with zero attached hydrogens (tertiary/aromatic N) is 1. The van der Waals surface area contributed by atoms with Crippen molar-refractivity contribution in [2.45, 2.75) is 13.5 Å². The first-order chi connectivity index (χ1) is 10.1. The van der Waals surface area contributed by atoms with E-state index in [1.165, 1.54) is 17.2 Å². The molecule has 5 nitrogen and oxygen atoms in total. The lowest BCUT2D eigenvalue weighted by Gasteiger charge is -2.11. The molecule has 0 aliphatic carbocycles. The fourth-order valence-corrected chi connectivity index (χ4v) is 2.11. The van der Waals surface area contributed by atoms with Crippen LogP contribution in [0.25, 0.3) is 6.08 Å². The summed E-state index contributed by atoms with van der Waals surface area (Å²) in [6.07, 6.45) is 3.03. The van der Waals surface area contributed by atoms with E-state index in [-0.39, 0.29) is 18.1 Å². The smallest absolute Gasteiger partial charge is 0.329 e. The highest BCUT2D eigenvalue weighted by Gasteiger charge is 2.33. The fourth-order valence-electron chi connectivity index (χ4n) is 2.11. The van der Waals surface area contributed by atoms with Crippen molar-refractivity contribution in [1.29, 1.82) is 0 Å². The van der Waals surface area contributed by atoms with Gasteiger partial charge in [-0.2, -0.15) is 0 Å². The van der Waals surface area contributed by atoms with Gasteiger partial charge >= 0.3 is 6.03 Å². The Morgan fingerprint density at radius 1 is 1.19 bits per heavy atom. The van der Waals surface area contributed by atoms with Crippen LogP contribution in [0.5, 0.6) is 0 Å². The van der Waals surface area contributed by atoms with Crippen molar-refractivity contribution in [2.75, 3.05) is 0 Å². The number of rotatable bonds is 3. The number of carbonyl (C=O) groups excluding carboxylic acids is 2. The van der Waals surface area contributed by atoms with Crippen LogP contribution in [-0.2, 0) is 11.3 Å². The Morgan fingerprint density at radius 2 is 1.95 bits per heavy atom. The first-order valence-corrected chi connectivity index (χ1v) is 6.57. The van der Waals surface area contributed by atoms with E-state index in [0.29, 0.717) is 5.76 Å². The molecule has 3 rings (SSSR count). The summed E-state index contributed by atoms with van der Waals surface area (Å²) in [7, 11) is 0. The summed E-state index contributed by atoms with van der Waals surface area (Å²) in [6.45, 7) is 2.24. The second-order valence-electron chi connectivity index (χ2n) is 4.88. The van der Waals surface area contributed by atoms with Crippen LogP contribution >= 0.6 is 0 Å². The highest BCUT2D eigenvalue weighted by atomic mass is 16.3. The number of furan rings is 1. The van der Waals surface area contributed by atoms with Crippen LogP contribution in [-0.4, -0.2) is 16.8 Å². The van der Waals surface area contributed by atoms with E-state index in [4.69, 9.17) is 4.42 Å². The zero-order chi connectivity index (χ0) is 14.8. The highest BCUT2D eigenvalue weighted by molar-refractivity contribution is 6.13. The molecule has 2 heterocycles. The molecule has 0 spiro atoms. The van der Waals surface area contributed by atoms with E-state index < -0.39 is 6.03 Å². The number of hydrogen-bond acceptors (Lipinski definition) is 3. The maximum atomic E-state index is 12.2. The van der Waals surface area contributed by atoms with Crippen molar-refractivity contribution in [3.8, 4) is 0 Å². The van der Waals surface area contributed by atoms with E-state index in [9.17, 15) is 9.59 Å². The molecule has 1 N–H and O–H groups in total. The molecule has 1 aromatic carbocycles. The number of imide groups is 1. The molecule has 1 aliphatic heterocycles. The molecule has 1 aromatic heterocycles. The molecule has 0 radical (unpaired) electrons. The molecule has 106 valence electrons. The Bertz CT molecular complexity index is 700. The number of nitrogens with one attached hydrogen (secondary N) is 1. The van der Waals surface area contributed by atoms with Crippen LogP contribution in [0.1, 0.15) is 16.9 Å². The zero-order valence-electron chi connectivity index (χ0n) is 11.5. The minimum absolute atomic E-state index is 0.224. The van der Waals surface area contributed by atoms with Gasteiger partial charge in [-0.3, -0.25) is 9.69 Å². The summed E-state index contributed by atoms with van der Waals surface area (Å²) >= 11 is 0. The first kappa shape index (κ1) is 13.2. The van der Waals surface area contributed by atoms with Gasteiger partial charge in [-0.05, 0) is 24.6 Å². The standard InChI is InChI=1S/C16H14N2O3/c1-11-4-6-12(7-5-11)10-18-15(19)14(17-16(18)20)9-13-3-2-8-21-13/h2-9H,10H2,1H3,(H,17,20)/b14-9+. The van der Waals surface area contributed by atoms with E-state index in [1.807, 2.05) is 31.2 Å². The highest BCUT2D eigenvalue weighted by Crippen LogP contribution is 2.17. The Morgan fingerprint density at radius 3 is 2.62 bits per heavy atom. The molecule has 0 atom stereocenters. The molecule has 2 aromatic rings. The summed E-state index contributed by atoms with van der Waals surface area (Å²) in [4.78, 5) is 25.3. The number of benzene rings is 1. The monoisotopic (exact) mass is 282 g/mol. The second-order valence-corrected chi connectivity index (χ2v) is 4.88. The molecular formula is C16H14N2O3. The van der Waals surface area contributed by atoms with E-state index in [0.717, 1.165) is 11.1 Å². The van der Waals surface area contributed by atoms with Gasteiger partial charge in [-0.15, -0.1) is 0 Å². The number of amides is 3. The maximum absolute atomic E-state index is 12.2. The van der Waals surface area contributed by atoms with Gasteiger partial charge in [0.2, 0.25) is 0 Å². The van der Waals surface area contributed by atoms with Gasteiger partial charge in [0.05, 0.1) is 12.8 Å². The average Bonchev–Trinajstić information content (AvgIpc) is 3.06. The second kappa shape index (κ2) is 5.28. The first-order valence-electron chi connectivity index (χ1n) is 6.57.